The van der Waals surface area contributed by atoms with Crippen LogP contribution >= 0.6 is 11.8 Å². The lowest BCUT2D eigenvalue weighted by Gasteiger charge is -2.17. The number of hydrogen-bond donors (Lipinski definition) is 1. The smallest absolute Gasteiger partial charge is 0.118 e. The molecule has 2 rings (SSSR count). The van der Waals surface area contributed by atoms with E-state index in [0.29, 0.717) is 6.04 Å². The summed E-state index contributed by atoms with van der Waals surface area (Å²) in [5.74, 6) is 1.91. The van der Waals surface area contributed by atoms with Crippen LogP contribution in [0.5, 0.6) is 5.75 Å². The summed E-state index contributed by atoms with van der Waals surface area (Å²) >= 11 is 1.90. The monoisotopic (exact) mass is 301 g/mol. The van der Waals surface area contributed by atoms with Crippen LogP contribution < -0.4 is 10.1 Å². The predicted octanol–water partition coefficient (Wildman–Crippen LogP) is 4.36. The molecule has 112 valence electrons. The molecule has 0 aromatic heterocycles. The Labute approximate surface area is 131 Å². The molecule has 3 heteroatoms. The third-order valence-electron chi connectivity index (χ3n) is 3.62. The summed E-state index contributed by atoms with van der Waals surface area (Å²) in [6.07, 6.45) is 0. The normalized spacial score (nSPS) is 12.2. The highest BCUT2D eigenvalue weighted by Gasteiger charge is 2.11. The Morgan fingerprint density at radius 1 is 1.10 bits per heavy atom. The molecule has 2 aromatic carbocycles. The van der Waals surface area contributed by atoms with Gasteiger partial charge in [-0.15, -0.1) is 11.8 Å². The number of thioether (sulfide) groups is 1. The van der Waals surface area contributed by atoms with E-state index in [1.807, 2.05) is 30.9 Å². The molecule has 0 amide bonds. The van der Waals surface area contributed by atoms with Gasteiger partial charge in [0.25, 0.3) is 0 Å². The highest BCUT2D eigenvalue weighted by atomic mass is 32.2. The third kappa shape index (κ3) is 4.26. The van der Waals surface area contributed by atoms with Crippen molar-refractivity contribution in [3.8, 4) is 5.75 Å². The quantitative estimate of drug-likeness (QED) is 0.801. The molecule has 0 heterocycles. The van der Waals surface area contributed by atoms with E-state index in [-0.39, 0.29) is 0 Å². The molecule has 0 radical (unpaired) electrons. The first-order valence-electron chi connectivity index (χ1n) is 7.15. The molecule has 2 aromatic rings. The summed E-state index contributed by atoms with van der Waals surface area (Å²) < 4.78 is 5.22. The van der Waals surface area contributed by atoms with Crippen LogP contribution in [0.25, 0.3) is 0 Å². The Morgan fingerprint density at radius 2 is 1.81 bits per heavy atom. The number of methoxy groups -OCH3 is 1. The van der Waals surface area contributed by atoms with Gasteiger partial charge < -0.3 is 10.1 Å². The zero-order valence-corrected chi connectivity index (χ0v) is 14.0. The van der Waals surface area contributed by atoms with Crippen LogP contribution in [0, 0.1) is 13.8 Å². The SMILES string of the molecule is CNC(CSc1cc(C)ccc1C)c1ccc(OC)cc1. The Hall–Kier alpha value is -1.45. The molecular formula is C18H23NOS. The molecule has 1 atom stereocenters. The van der Waals surface area contributed by atoms with Crippen LogP contribution in [0.15, 0.2) is 47.4 Å². The van der Waals surface area contributed by atoms with Crippen molar-refractivity contribution in [3.05, 3.63) is 59.2 Å². The Morgan fingerprint density at radius 3 is 2.43 bits per heavy atom. The van der Waals surface area contributed by atoms with Crippen molar-refractivity contribution in [1.82, 2.24) is 5.32 Å². The maximum absolute atomic E-state index is 5.22. The fourth-order valence-electron chi connectivity index (χ4n) is 2.22. The second-order valence-electron chi connectivity index (χ2n) is 5.19. The van der Waals surface area contributed by atoms with E-state index in [1.165, 1.54) is 21.6 Å². The van der Waals surface area contributed by atoms with Gasteiger partial charge in [0.1, 0.15) is 5.75 Å². The first-order valence-corrected chi connectivity index (χ1v) is 8.14. The van der Waals surface area contributed by atoms with Gasteiger partial charge >= 0.3 is 0 Å². The summed E-state index contributed by atoms with van der Waals surface area (Å²) in [7, 11) is 3.71. The topological polar surface area (TPSA) is 21.3 Å². The summed E-state index contributed by atoms with van der Waals surface area (Å²) in [5, 5.41) is 3.40. The minimum absolute atomic E-state index is 0.334. The van der Waals surface area contributed by atoms with Crippen LogP contribution in [0.1, 0.15) is 22.7 Å². The van der Waals surface area contributed by atoms with Crippen molar-refractivity contribution in [2.45, 2.75) is 24.8 Å². The molecule has 0 aliphatic heterocycles. The summed E-state index contributed by atoms with van der Waals surface area (Å²) in [5.41, 5.74) is 3.94. The minimum Gasteiger partial charge on any atom is -0.497 e. The van der Waals surface area contributed by atoms with Gasteiger partial charge in [-0.25, -0.2) is 0 Å². The Balaban J connectivity index is 2.06. The Kier molecular flexibility index (Phi) is 5.71. The fraction of sp³-hybridized carbons (Fsp3) is 0.333. The van der Waals surface area contributed by atoms with Crippen LogP contribution in [0.2, 0.25) is 0 Å². The average Bonchev–Trinajstić information content (AvgIpc) is 2.51. The van der Waals surface area contributed by atoms with Gasteiger partial charge in [-0.2, -0.15) is 0 Å². The summed E-state index contributed by atoms with van der Waals surface area (Å²) in [4.78, 5) is 1.36. The summed E-state index contributed by atoms with van der Waals surface area (Å²) in [6.45, 7) is 4.31. The molecule has 0 aliphatic rings. The number of benzene rings is 2. The van der Waals surface area contributed by atoms with Gasteiger partial charge in [-0.3, -0.25) is 0 Å². The summed E-state index contributed by atoms with van der Waals surface area (Å²) in [6, 6.07) is 15.2. The van der Waals surface area contributed by atoms with E-state index in [2.05, 4.69) is 49.5 Å². The first kappa shape index (κ1) is 15.9. The van der Waals surface area contributed by atoms with E-state index in [1.54, 1.807) is 7.11 Å². The second kappa shape index (κ2) is 7.53. The molecule has 0 spiro atoms. The fourth-order valence-corrected chi connectivity index (χ4v) is 3.49. The zero-order valence-electron chi connectivity index (χ0n) is 13.1. The first-order chi connectivity index (χ1) is 10.1. The molecule has 21 heavy (non-hydrogen) atoms. The molecule has 2 nitrogen and oxygen atoms in total. The number of aryl methyl sites for hydroxylation is 2. The van der Waals surface area contributed by atoms with Gasteiger partial charge in [0, 0.05) is 16.7 Å². The second-order valence-corrected chi connectivity index (χ2v) is 6.26. The van der Waals surface area contributed by atoms with Gasteiger partial charge in [0.15, 0.2) is 0 Å². The average molecular weight is 301 g/mol. The lowest BCUT2D eigenvalue weighted by molar-refractivity contribution is 0.414. The molecule has 1 N–H and O–H groups in total. The van der Waals surface area contributed by atoms with Crippen molar-refractivity contribution in [2.75, 3.05) is 19.9 Å². The standard InChI is InChI=1S/C18H23NOS/c1-13-5-6-14(2)18(11-13)21-12-17(19-3)15-7-9-16(20-4)10-8-15/h5-11,17,19H,12H2,1-4H3. The molecule has 0 fully saturated rings. The lowest BCUT2D eigenvalue weighted by Crippen LogP contribution is -2.18. The van der Waals surface area contributed by atoms with Crippen LogP contribution in [0.4, 0.5) is 0 Å². The molecule has 0 aliphatic carbocycles. The Bertz CT molecular complexity index is 580. The van der Waals surface area contributed by atoms with Crippen molar-refractivity contribution in [2.24, 2.45) is 0 Å². The van der Waals surface area contributed by atoms with Crippen molar-refractivity contribution in [3.63, 3.8) is 0 Å². The van der Waals surface area contributed by atoms with Crippen LogP contribution in [-0.2, 0) is 0 Å². The zero-order chi connectivity index (χ0) is 15.2. The third-order valence-corrected chi connectivity index (χ3v) is 4.87. The lowest BCUT2D eigenvalue weighted by atomic mass is 10.1. The van der Waals surface area contributed by atoms with E-state index < -0.39 is 0 Å². The van der Waals surface area contributed by atoms with Gasteiger partial charge in [0.05, 0.1) is 7.11 Å². The maximum Gasteiger partial charge on any atom is 0.118 e. The number of hydrogen-bond acceptors (Lipinski definition) is 3. The predicted molar refractivity (Wildman–Crippen MR) is 91.4 cm³/mol. The molecule has 0 saturated carbocycles. The highest BCUT2D eigenvalue weighted by molar-refractivity contribution is 7.99. The molecule has 1 unspecified atom stereocenters. The number of ether oxygens (including phenoxy) is 1. The van der Waals surface area contributed by atoms with Crippen molar-refractivity contribution < 1.29 is 4.74 Å². The largest absolute Gasteiger partial charge is 0.497 e. The van der Waals surface area contributed by atoms with Gasteiger partial charge in [0.2, 0.25) is 0 Å². The van der Waals surface area contributed by atoms with Crippen LogP contribution in [-0.4, -0.2) is 19.9 Å². The van der Waals surface area contributed by atoms with E-state index in [0.717, 1.165) is 11.5 Å². The van der Waals surface area contributed by atoms with Crippen LogP contribution in [0.3, 0.4) is 0 Å². The number of rotatable bonds is 6. The van der Waals surface area contributed by atoms with E-state index in [4.69, 9.17) is 4.74 Å². The van der Waals surface area contributed by atoms with E-state index in [9.17, 15) is 0 Å². The number of nitrogens with one attached hydrogen (secondary N) is 1. The molecular weight excluding hydrogens is 278 g/mol. The minimum atomic E-state index is 0.334. The molecule has 0 bridgehead atoms. The maximum atomic E-state index is 5.22. The van der Waals surface area contributed by atoms with Gasteiger partial charge in [-0.1, -0.05) is 29.8 Å². The van der Waals surface area contributed by atoms with E-state index >= 15 is 0 Å². The highest BCUT2D eigenvalue weighted by Crippen LogP contribution is 2.28. The van der Waals surface area contributed by atoms with Gasteiger partial charge in [-0.05, 0) is 50.2 Å². The molecule has 0 saturated heterocycles. The van der Waals surface area contributed by atoms with Crippen molar-refractivity contribution in [1.29, 1.82) is 0 Å². The van der Waals surface area contributed by atoms with Crippen molar-refractivity contribution >= 4 is 11.8 Å².